The fourth-order valence-electron chi connectivity index (χ4n) is 3.94. The number of aliphatic hydroxyl groups excluding tert-OH is 1. The summed E-state index contributed by atoms with van der Waals surface area (Å²) >= 11 is 1.83. The molecule has 0 aromatic carbocycles. The van der Waals surface area contributed by atoms with Crippen molar-refractivity contribution in [2.24, 2.45) is 0 Å². The Labute approximate surface area is 153 Å². The number of nitrogens with zero attached hydrogens (tertiary/aromatic N) is 4. The van der Waals surface area contributed by atoms with Crippen LogP contribution < -0.4 is 4.90 Å². The number of piperidine rings is 1. The van der Waals surface area contributed by atoms with Crippen molar-refractivity contribution < 1.29 is 5.11 Å². The first kappa shape index (κ1) is 16.9. The van der Waals surface area contributed by atoms with E-state index in [2.05, 4.69) is 27.3 Å². The lowest BCUT2D eigenvalue weighted by Crippen LogP contribution is -2.39. The molecule has 5 nitrogen and oxygen atoms in total. The Morgan fingerprint density at radius 1 is 1.24 bits per heavy atom. The number of thiophene rings is 1. The van der Waals surface area contributed by atoms with Crippen molar-refractivity contribution in [1.82, 2.24) is 14.9 Å². The van der Waals surface area contributed by atoms with Crippen LogP contribution in [-0.2, 0) is 19.4 Å². The zero-order valence-electron chi connectivity index (χ0n) is 14.8. The molecule has 0 radical (unpaired) electrons. The maximum absolute atomic E-state index is 10.1. The highest BCUT2D eigenvalue weighted by Gasteiger charge is 2.25. The first-order valence-corrected chi connectivity index (χ1v) is 10.1. The number of aryl methyl sites for hydroxylation is 1. The summed E-state index contributed by atoms with van der Waals surface area (Å²) in [5.41, 5.74) is 2.50. The van der Waals surface area contributed by atoms with E-state index in [4.69, 9.17) is 9.97 Å². The fraction of sp³-hybridized carbons (Fsp3) is 0.579. The molecule has 0 saturated carbocycles. The summed E-state index contributed by atoms with van der Waals surface area (Å²) in [6, 6.07) is 4.34. The molecule has 25 heavy (non-hydrogen) atoms. The Morgan fingerprint density at radius 3 is 2.92 bits per heavy atom. The van der Waals surface area contributed by atoms with E-state index < -0.39 is 0 Å². The Kier molecular flexibility index (Phi) is 5.01. The maximum atomic E-state index is 10.1. The average molecular weight is 359 g/mol. The summed E-state index contributed by atoms with van der Waals surface area (Å²) in [6.07, 6.45) is 3.66. The van der Waals surface area contributed by atoms with Crippen LogP contribution in [0.15, 0.2) is 17.5 Å². The SMILES string of the molecule is Cc1nc2c(c(N3CCCC(O)C3)n1)CCN(Cc1cccs1)CC2. The predicted molar refractivity (Wildman–Crippen MR) is 101 cm³/mol. The van der Waals surface area contributed by atoms with E-state index >= 15 is 0 Å². The van der Waals surface area contributed by atoms with E-state index in [1.165, 1.54) is 16.1 Å². The van der Waals surface area contributed by atoms with Crippen LogP contribution in [-0.4, -0.2) is 52.3 Å². The number of hydrogen-bond acceptors (Lipinski definition) is 6. The lowest BCUT2D eigenvalue weighted by Gasteiger charge is -2.32. The molecule has 1 atom stereocenters. The van der Waals surface area contributed by atoms with Crippen LogP contribution in [0.1, 0.15) is 34.8 Å². The van der Waals surface area contributed by atoms with Gasteiger partial charge in [0.1, 0.15) is 11.6 Å². The van der Waals surface area contributed by atoms with Gasteiger partial charge < -0.3 is 10.0 Å². The van der Waals surface area contributed by atoms with E-state index in [0.717, 1.165) is 63.5 Å². The second-order valence-electron chi connectivity index (χ2n) is 7.12. The van der Waals surface area contributed by atoms with Crippen LogP contribution in [0, 0.1) is 6.92 Å². The number of aromatic nitrogens is 2. The normalized spacial score (nSPS) is 21.8. The topological polar surface area (TPSA) is 52.5 Å². The quantitative estimate of drug-likeness (QED) is 0.913. The number of rotatable bonds is 3. The van der Waals surface area contributed by atoms with Crippen LogP contribution in [0.25, 0.3) is 0 Å². The van der Waals surface area contributed by atoms with E-state index in [0.29, 0.717) is 6.54 Å². The number of β-amino-alcohol motifs (C(OH)–C–C–N with tert-alkyl or cyclic N) is 1. The molecule has 4 rings (SSSR count). The standard InChI is InChI=1S/C19H26N4OS/c1-14-20-18-7-10-22(13-16-5-3-11-25-16)9-6-17(18)19(21-14)23-8-2-4-15(24)12-23/h3,5,11,15,24H,2,4,6-10,12-13H2,1H3. The van der Waals surface area contributed by atoms with Gasteiger partial charge in [-0.05, 0) is 37.6 Å². The summed E-state index contributed by atoms with van der Waals surface area (Å²) < 4.78 is 0. The third-order valence-corrected chi connectivity index (χ3v) is 6.04. The van der Waals surface area contributed by atoms with Gasteiger partial charge in [0, 0.05) is 49.6 Å². The molecule has 2 aromatic heterocycles. The fourth-order valence-corrected chi connectivity index (χ4v) is 4.68. The summed E-state index contributed by atoms with van der Waals surface area (Å²) in [5, 5.41) is 12.2. The number of fused-ring (bicyclic) bond motifs is 1. The van der Waals surface area contributed by atoms with Crippen molar-refractivity contribution >= 4 is 17.2 Å². The van der Waals surface area contributed by atoms with Crippen LogP contribution in [0.2, 0.25) is 0 Å². The number of hydrogen-bond donors (Lipinski definition) is 1. The van der Waals surface area contributed by atoms with Gasteiger partial charge in [-0.15, -0.1) is 11.3 Å². The highest BCUT2D eigenvalue weighted by molar-refractivity contribution is 7.09. The van der Waals surface area contributed by atoms with Gasteiger partial charge in [-0.1, -0.05) is 6.07 Å². The van der Waals surface area contributed by atoms with Gasteiger partial charge in [-0.2, -0.15) is 0 Å². The third kappa shape index (κ3) is 3.86. The average Bonchev–Trinajstić information content (AvgIpc) is 3.02. The molecule has 1 saturated heterocycles. The lowest BCUT2D eigenvalue weighted by molar-refractivity contribution is 0.153. The lowest BCUT2D eigenvalue weighted by atomic mass is 10.0. The summed E-state index contributed by atoms with van der Waals surface area (Å²) in [7, 11) is 0. The molecule has 0 amide bonds. The Hall–Kier alpha value is -1.50. The molecule has 4 heterocycles. The molecular formula is C19H26N4OS. The highest BCUT2D eigenvalue weighted by atomic mass is 32.1. The molecule has 2 aliphatic rings. The van der Waals surface area contributed by atoms with Crippen molar-refractivity contribution in [2.75, 3.05) is 31.1 Å². The smallest absolute Gasteiger partial charge is 0.135 e. The Bertz CT molecular complexity index is 718. The zero-order valence-corrected chi connectivity index (χ0v) is 15.6. The first-order valence-electron chi connectivity index (χ1n) is 9.23. The second-order valence-corrected chi connectivity index (χ2v) is 8.15. The van der Waals surface area contributed by atoms with Gasteiger partial charge in [0.05, 0.1) is 11.8 Å². The number of anilines is 1. The van der Waals surface area contributed by atoms with Gasteiger partial charge in [0.25, 0.3) is 0 Å². The minimum atomic E-state index is -0.235. The van der Waals surface area contributed by atoms with Gasteiger partial charge in [-0.25, -0.2) is 9.97 Å². The second kappa shape index (κ2) is 7.40. The van der Waals surface area contributed by atoms with Gasteiger partial charge in [0.2, 0.25) is 0 Å². The van der Waals surface area contributed by atoms with E-state index in [9.17, 15) is 5.11 Å². The largest absolute Gasteiger partial charge is 0.391 e. The number of aliphatic hydroxyl groups is 1. The molecule has 1 fully saturated rings. The Morgan fingerprint density at radius 2 is 2.12 bits per heavy atom. The zero-order chi connectivity index (χ0) is 17.2. The molecular weight excluding hydrogens is 332 g/mol. The van der Waals surface area contributed by atoms with Crippen molar-refractivity contribution in [1.29, 1.82) is 0 Å². The highest BCUT2D eigenvalue weighted by Crippen LogP contribution is 2.27. The maximum Gasteiger partial charge on any atom is 0.135 e. The summed E-state index contributed by atoms with van der Waals surface area (Å²) in [4.78, 5) is 15.8. The van der Waals surface area contributed by atoms with Crippen LogP contribution >= 0.6 is 11.3 Å². The molecule has 0 bridgehead atoms. The minimum absolute atomic E-state index is 0.235. The van der Waals surface area contributed by atoms with Crippen molar-refractivity contribution in [2.45, 2.75) is 45.3 Å². The first-order chi connectivity index (χ1) is 12.2. The monoisotopic (exact) mass is 358 g/mol. The summed E-state index contributed by atoms with van der Waals surface area (Å²) in [5.74, 6) is 1.92. The molecule has 0 spiro atoms. The van der Waals surface area contributed by atoms with E-state index in [1.807, 2.05) is 18.3 Å². The van der Waals surface area contributed by atoms with Gasteiger partial charge >= 0.3 is 0 Å². The van der Waals surface area contributed by atoms with Crippen molar-refractivity contribution in [3.8, 4) is 0 Å². The molecule has 134 valence electrons. The molecule has 1 N–H and O–H groups in total. The van der Waals surface area contributed by atoms with Crippen LogP contribution in [0.5, 0.6) is 0 Å². The minimum Gasteiger partial charge on any atom is -0.391 e. The molecule has 6 heteroatoms. The van der Waals surface area contributed by atoms with E-state index in [1.54, 1.807) is 0 Å². The van der Waals surface area contributed by atoms with E-state index in [-0.39, 0.29) is 6.10 Å². The Balaban J connectivity index is 1.56. The van der Waals surface area contributed by atoms with Crippen LogP contribution in [0.4, 0.5) is 5.82 Å². The third-order valence-electron chi connectivity index (χ3n) is 5.18. The van der Waals surface area contributed by atoms with Crippen molar-refractivity contribution in [3.63, 3.8) is 0 Å². The predicted octanol–water partition coefficient (Wildman–Crippen LogP) is 2.41. The molecule has 2 aliphatic heterocycles. The molecule has 1 unspecified atom stereocenters. The summed E-state index contributed by atoms with van der Waals surface area (Å²) in [6.45, 7) is 6.78. The van der Waals surface area contributed by atoms with Gasteiger partial charge in [-0.3, -0.25) is 4.90 Å². The van der Waals surface area contributed by atoms with Crippen molar-refractivity contribution in [3.05, 3.63) is 39.5 Å². The molecule has 2 aromatic rings. The van der Waals surface area contributed by atoms with Crippen LogP contribution in [0.3, 0.4) is 0 Å². The molecule has 0 aliphatic carbocycles. The van der Waals surface area contributed by atoms with Gasteiger partial charge in [0.15, 0.2) is 0 Å².